The summed E-state index contributed by atoms with van der Waals surface area (Å²) in [6.45, 7) is 3.84. The molecule has 3 aromatic rings. The van der Waals surface area contributed by atoms with Crippen LogP contribution in [0.4, 0.5) is 10.5 Å². The minimum atomic E-state index is -0.114. The molecule has 0 aliphatic carbocycles. The van der Waals surface area contributed by atoms with Gasteiger partial charge in [0.05, 0.1) is 29.7 Å². The van der Waals surface area contributed by atoms with Crippen LogP contribution in [0.25, 0.3) is 17.0 Å². The predicted octanol–water partition coefficient (Wildman–Crippen LogP) is 3.70. The van der Waals surface area contributed by atoms with Crippen molar-refractivity contribution in [2.75, 3.05) is 39.5 Å². The molecule has 8 nitrogen and oxygen atoms in total. The van der Waals surface area contributed by atoms with Gasteiger partial charge in [0.15, 0.2) is 0 Å². The molecular formula is C25H30N6O2. The number of aromatic amines is 1. The van der Waals surface area contributed by atoms with Gasteiger partial charge in [-0.1, -0.05) is 18.2 Å². The zero-order valence-electron chi connectivity index (χ0n) is 19.5. The van der Waals surface area contributed by atoms with Crippen molar-refractivity contribution in [3.63, 3.8) is 0 Å². The molecule has 2 aromatic heterocycles. The van der Waals surface area contributed by atoms with E-state index in [0.29, 0.717) is 24.5 Å². The van der Waals surface area contributed by atoms with Gasteiger partial charge >= 0.3 is 6.03 Å². The standard InChI is InChI=1S/C25H30N6O2/c1-17(22-15-18-7-5-6-8-20(18)27-22)30(4)24(32)12-10-19-9-11-21-23(26-19)16-31(25(33)28-21)14-13-29(2)3/h5-12,15,17,27H,13-14,16H2,1-4H3,(H,28,33). The van der Waals surface area contributed by atoms with Crippen molar-refractivity contribution in [3.05, 3.63) is 65.6 Å². The van der Waals surface area contributed by atoms with E-state index in [1.807, 2.05) is 50.2 Å². The number of pyridine rings is 1. The first kappa shape index (κ1) is 22.5. The van der Waals surface area contributed by atoms with Gasteiger partial charge in [-0.15, -0.1) is 0 Å². The number of hydrogen-bond acceptors (Lipinski definition) is 4. The number of nitrogens with one attached hydrogen (secondary N) is 2. The maximum absolute atomic E-state index is 12.8. The molecule has 1 atom stereocenters. The minimum Gasteiger partial charge on any atom is -0.357 e. The van der Waals surface area contributed by atoms with Gasteiger partial charge in [-0.2, -0.15) is 0 Å². The van der Waals surface area contributed by atoms with E-state index < -0.39 is 0 Å². The number of hydrogen-bond donors (Lipinski definition) is 2. The SMILES string of the molecule is CC(c1cc2ccccc2[nH]1)N(C)C(=O)C=Cc1ccc2c(n1)CN(CCN(C)C)C(=O)N2. The Kier molecular flexibility index (Phi) is 6.46. The van der Waals surface area contributed by atoms with Gasteiger partial charge in [-0.05, 0) is 56.7 Å². The molecule has 0 bridgehead atoms. The molecule has 0 spiro atoms. The van der Waals surface area contributed by atoms with Crippen LogP contribution >= 0.6 is 0 Å². The second-order valence-corrected chi connectivity index (χ2v) is 8.66. The van der Waals surface area contributed by atoms with Crippen molar-refractivity contribution in [2.45, 2.75) is 19.5 Å². The number of para-hydroxylation sites is 1. The van der Waals surface area contributed by atoms with Crippen molar-refractivity contribution < 1.29 is 9.59 Å². The zero-order chi connectivity index (χ0) is 23.5. The number of benzene rings is 1. The number of H-pyrrole nitrogens is 1. The fraction of sp³-hybridized carbons (Fsp3) is 0.320. The summed E-state index contributed by atoms with van der Waals surface area (Å²) >= 11 is 0. The van der Waals surface area contributed by atoms with E-state index in [4.69, 9.17) is 0 Å². The molecule has 2 N–H and O–H groups in total. The van der Waals surface area contributed by atoms with Gasteiger partial charge in [0.1, 0.15) is 0 Å². The monoisotopic (exact) mass is 446 g/mol. The van der Waals surface area contributed by atoms with E-state index in [9.17, 15) is 9.59 Å². The normalized spacial score (nSPS) is 14.6. The molecule has 0 radical (unpaired) electrons. The Labute approximate surface area is 193 Å². The summed E-state index contributed by atoms with van der Waals surface area (Å²) < 4.78 is 0. The Morgan fingerprint density at radius 3 is 2.76 bits per heavy atom. The van der Waals surface area contributed by atoms with Crippen LogP contribution in [0.15, 0.2) is 48.5 Å². The lowest BCUT2D eigenvalue weighted by molar-refractivity contribution is -0.126. The van der Waals surface area contributed by atoms with Crippen molar-refractivity contribution in [1.29, 1.82) is 0 Å². The van der Waals surface area contributed by atoms with Gasteiger partial charge in [-0.25, -0.2) is 9.78 Å². The molecule has 1 aliphatic heterocycles. The molecule has 0 fully saturated rings. The minimum absolute atomic E-state index is 0.105. The number of likely N-dealkylation sites (N-methyl/N-ethyl adjacent to an activating group) is 2. The van der Waals surface area contributed by atoms with Crippen LogP contribution in [0, 0.1) is 0 Å². The van der Waals surface area contributed by atoms with Crippen molar-refractivity contribution in [1.82, 2.24) is 24.7 Å². The molecule has 1 unspecified atom stereocenters. The second kappa shape index (κ2) is 9.46. The lowest BCUT2D eigenvalue weighted by atomic mass is 10.2. The molecule has 1 aliphatic rings. The fourth-order valence-corrected chi connectivity index (χ4v) is 3.79. The highest BCUT2D eigenvalue weighted by Gasteiger charge is 2.23. The summed E-state index contributed by atoms with van der Waals surface area (Å²) in [6, 6.07) is 13.6. The number of carbonyl (C=O) groups excluding carboxylic acids is 2. The summed E-state index contributed by atoms with van der Waals surface area (Å²) in [6.07, 6.45) is 3.26. The van der Waals surface area contributed by atoms with Crippen LogP contribution in [0.1, 0.15) is 30.0 Å². The molecule has 172 valence electrons. The number of carbonyl (C=O) groups is 2. The van der Waals surface area contributed by atoms with Gasteiger partial charge in [0.2, 0.25) is 5.91 Å². The van der Waals surface area contributed by atoms with Crippen LogP contribution in [0.5, 0.6) is 0 Å². The number of urea groups is 1. The third kappa shape index (κ3) is 5.06. The largest absolute Gasteiger partial charge is 0.357 e. The van der Waals surface area contributed by atoms with Gasteiger partial charge in [0, 0.05) is 37.4 Å². The van der Waals surface area contributed by atoms with Gasteiger partial charge < -0.3 is 25.0 Å². The maximum Gasteiger partial charge on any atom is 0.322 e. The molecule has 1 aromatic carbocycles. The average Bonchev–Trinajstić information content (AvgIpc) is 3.24. The number of amides is 3. The summed E-state index contributed by atoms with van der Waals surface area (Å²) in [5, 5.41) is 4.02. The van der Waals surface area contributed by atoms with Crippen LogP contribution in [-0.2, 0) is 11.3 Å². The van der Waals surface area contributed by atoms with Crippen LogP contribution in [0.3, 0.4) is 0 Å². The highest BCUT2D eigenvalue weighted by molar-refractivity contribution is 5.93. The summed E-state index contributed by atoms with van der Waals surface area (Å²) in [4.78, 5) is 38.6. The van der Waals surface area contributed by atoms with Gasteiger partial charge in [0.25, 0.3) is 0 Å². The van der Waals surface area contributed by atoms with Crippen molar-refractivity contribution >= 4 is 34.6 Å². The number of nitrogens with zero attached hydrogens (tertiary/aromatic N) is 4. The van der Waals surface area contributed by atoms with E-state index >= 15 is 0 Å². The third-order valence-electron chi connectivity index (χ3n) is 6.01. The lowest BCUT2D eigenvalue weighted by Crippen LogP contribution is -2.42. The van der Waals surface area contributed by atoms with E-state index in [1.165, 1.54) is 0 Å². The fourth-order valence-electron chi connectivity index (χ4n) is 3.79. The third-order valence-corrected chi connectivity index (χ3v) is 6.01. The average molecular weight is 447 g/mol. The van der Waals surface area contributed by atoms with Crippen molar-refractivity contribution in [3.8, 4) is 0 Å². The zero-order valence-corrected chi connectivity index (χ0v) is 19.5. The first-order valence-corrected chi connectivity index (χ1v) is 11.0. The summed E-state index contributed by atoms with van der Waals surface area (Å²) in [5.74, 6) is -0.110. The van der Waals surface area contributed by atoms with E-state index in [0.717, 1.165) is 28.8 Å². The quantitative estimate of drug-likeness (QED) is 0.542. The molecule has 3 heterocycles. The lowest BCUT2D eigenvalue weighted by Gasteiger charge is -2.29. The Bertz CT molecular complexity index is 1170. The van der Waals surface area contributed by atoms with Gasteiger partial charge in [-0.3, -0.25) is 4.79 Å². The molecule has 0 saturated carbocycles. The highest BCUT2D eigenvalue weighted by Crippen LogP contribution is 2.24. The number of anilines is 1. The molecule has 33 heavy (non-hydrogen) atoms. The molecule has 0 saturated heterocycles. The predicted molar refractivity (Wildman–Crippen MR) is 131 cm³/mol. The van der Waals surface area contributed by atoms with Crippen LogP contribution < -0.4 is 5.32 Å². The first-order valence-electron chi connectivity index (χ1n) is 11.0. The molecular weight excluding hydrogens is 416 g/mol. The molecule has 3 amide bonds. The highest BCUT2D eigenvalue weighted by atomic mass is 16.2. The topological polar surface area (TPSA) is 84.6 Å². The number of rotatable bonds is 7. The Morgan fingerprint density at radius 2 is 2.00 bits per heavy atom. The van der Waals surface area contributed by atoms with E-state index in [1.54, 1.807) is 35.1 Å². The Hall–Kier alpha value is -3.65. The van der Waals surface area contributed by atoms with Crippen LogP contribution in [0.2, 0.25) is 0 Å². The number of aromatic nitrogens is 2. The molecule has 8 heteroatoms. The van der Waals surface area contributed by atoms with E-state index in [2.05, 4.69) is 27.4 Å². The Morgan fingerprint density at radius 1 is 1.21 bits per heavy atom. The maximum atomic E-state index is 12.8. The summed E-state index contributed by atoms with van der Waals surface area (Å²) in [5.41, 5.74) is 4.23. The number of fused-ring (bicyclic) bond motifs is 2. The first-order chi connectivity index (χ1) is 15.8. The Balaban J connectivity index is 1.43. The van der Waals surface area contributed by atoms with Crippen molar-refractivity contribution in [2.24, 2.45) is 0 Å². The second-order valence-electron chi connectivity index (χ2n) is 8.66. The smallest absolute Gasteiger partial charge is 0.322 e. The van der Waals surface area contributed by atoms with E-state index in [-0.39, 0.29) is 18.0 Å². The summed E-state index contributed by atoms with van der Waals surface area (Å²) in [7, 11) is 5.75. The van der Waals surface area contributed by atoms with Crippen LogP contribution in [-0.4, -0.2) is 70.8 Å². The molecule has 4 rings (SSSR count).